The molecule has 25 heavy (non-hydrogen) atoms. The molecule has 0 bridgehead atoms. The van der Waals surface area contributed by atoms with Crippen LogP contribution >= 0.6 is 22.6 Å². The fraction of sp³-hybridized carbons (Fsp3) is 0.227. The molecule has 1 heterocycles. The van der Waals surface area contributed by atoms with Crippen molar-refractivity contribution in [2.75, 3.05) is 0 Å². The van der Waals surface area contributed by atoms with Crippen molar-refractivity contribution in [3.8, 4) is 5.69 Å². The summed E-state index contributed by atoms with van der Waals surface area (Å²) in [4.78, 5) is 4.68. The van der Waals surface area contributed by atoms with E-state index in [2.05, 4.69) is 109 Å². The Morgan fingerprint density at radius 2 is 1.60 bits per heavy atom. The van der Waals surface area contributed by atoms with E-state index in [0.717, 1.165) is 11.3 Å². The Morgan fingerprint density at radius 3 is 2.28 bits per heavy atom. The van der Waals surface area contributed by atoms with Crippen LogP contribution in [0.25, 0.3) is 5.69 Å². The fourth-order valence-corrected chi connectivity index (χ4v) is 3.37. The minimum atomic E-state index is 0.994. The van der Waals surface area contributed by atoms with Crippen LogP contribution in [0.4, 0.5) is 5.69 Å². The molecule has 0 aliphatic rings. The number of rotatable bonds is 3. The molecule has 1 aromatic heterocycles. The third kappa shape index (κ3) is 3.71. The molecular weight excluding hydrogens is 419 g/mol. The Labute approximate surface area is 163 Å². The van der Waals surface area contributed by atoms with Crippen LogP contribution in [0.5, 0.6) is 0 Å². The van der Waals surface area contributed by atoms with Gasteiger partial charge in [-0.05, 0) is 110 Å². The summed E-state index contributed by atoms with van der Waals surface area (Å²) >= 11 is 2.35. The third-order valence-electron chi connectivity index (χ3n) is 4.71. The number of nitrogens with zero attached hydrogens (tertiary/aromatic N) is 2. The molecule has 3 heteroatoms. The maximum atomic E-state index is 4.68. The molecule has 0 radical (unpaired) electrons. The first-order valence-corrected chi connectivity index (χ1v) is 9.51. The highest BCUT2D eigenvalue weighted by Gasteiger charge is 2.10. The van der Waals surface area contributed by atoms with E-state index in [0.29, 0.717) is 0 Å². The maximum absolute atomic E-state index is 4.68. The predicted molar refractivity (Wildman–Crippen MR) is 116 cm³/mol. The summed E-state index contributed by atoms with van der Waals surface area (Å²) < 4.78 is 3.57. The highest BCUT2D eigenvalue weighted by molar-refractivity contribution is 14.1. The lowest BCUT2D eigenvalue weighted by molar-refractivity contribution is 0.961. The molecule has 128 valence electrons. The molecule has 0 unspecified atom stereocenters. The van der Waals surface area contributed by atoms with Crippen molar-refractivity contribution in [3.05, 3.63) is 79.7 Å². The maximum Gasteiger partial charge on any atom is 0.0633 e. The molecule has 2 aromatic carbocycles. The lowest BCUT2D eigenvalue weighted by Crippen LogP contribution is -2.00. The second-order valence-corrected chi connectivity index (χ2v) is 7.78. The average Bonchev–Trinajstić information content (AvgIpc) is 2.85. The molecule has 2 nitrogen and oxygen atoms in total. The van der Waals surface area contributed by atoms with Crippen LogP contribution in [-0.4, -0.2) is 10.8 Å². The highest BCUT2D eigenvalue weighted by Crippen LogP contribution is 2.23. The number of halogens is 1. The molecule has 0 spiro atoms. The first-order valence-electron chi connectivity index (χ1n) is 8.43. The third-order valence-corrected chi connectivity index (χ3v) is 5.92. The van der Waals surface area contributed by atoms with Crippen molar-refractivity contribution in [1.29, 1.82) is 0 Å². The number of hydrogen-bond donors (Lipinski definition) is 0. The minimum Gasteiger partial charge on any atom is -0.318 e. The summed E-state index contributed by atoms with van der Waals surface area (Å²) in [5.74, 6) is 0. The van der Waals surface area contributed by atoms with E-state index in [-0.39, 0.29) is 0 Å². The van der Waals surface area contributed by atoms with Crippen molar-refractivity contribution in [3.63, 3.8) is 0 Å². The SMILES string of the molecule is Cc1ccc(-n2c(C)cc(C=Nc3ccc(I)c(C)c3)c2C)cc1C. The lowest BCUT2D eigenvalue weighted by atomic mass is 10.1. The van der Waals surface area contributed by atoms with Gasteiger partial charge in [-0.1, -0.05) is 6.07 Å². The quantitative estimate of drug-likeness (QED) is 0.331. The van der Waals surface area contributed by atoms with Crippen LogP contribution in [0, 0.1) is 38.2 Å². The number of benzene rings is 2. The molecule has 0 aliphatic heterocycles. The number of aromatic nitrogens is 1. The fourth-order valence-electron chi connectivity index (χ4n) is 3.03. The van der Waals surface area contributed by atoms with Gasteiger partial charge >= 0.3 is 0 Å². The molecule has 3 rings (SSSR count). The first kappa shape index (κ1) is 17.9. The van der Waals surface area contributed by atoms with Gasteiger partial charge in [0.15, 0.2) is 0 Å². The zero-order valence-corrected chi connectivity index (χ0v) is 17.5. The van der Waals surface area contributed by atoms with E-state index in [9.17, 15) is 0 Å². The van der Waals surface area contributed by atoms with Crippen LogP contribution in [0.1, 0.15) is 33.6 Å². The van der Waals surface area contributed by atoms with Crippen molar-refractivity contribution < 1.29 is 0 Å². The predicted octanol–water partition coefficient (Wildman–Crippen LogP) is 6.37. The zero-order valence-electron chi connectivity index (χ0n) is 15.4. The Morgan fingerprint density at radius 1 is 0.840 bits per heavy atom. The van der Waals surface area contributed by atoms with Gasteiger partial charge in [0.2, 0.25) is 0 Å². The first-order chi connectivity index (χ1) is 11.9. The van der Waals surface area contributed by atoms with Crippen molar-refractivity contribution in [1.82, 2.24) is 4.57 Å². The van der Waals surface area contributed by atoms with Gasteiger partial charge in [0.05, 0.1) is 5.69 Å². The summed E-state index contributed by atoms with van der Waals surface area (Å²) in [7, 11) is 0. The monoisotopic (exact) mass is 442 g/mol. The Kier molecular flexibility index (Phi) is 5.13. The largest absolute Gasteiger partial charge is 0.318 e. The van der Waals surface area contributed by atoms with Gasteiger partial charge < -0.3 is 4.57 Å². The zero-order chi connectivity index (χ0) is 18.1. The van der Waals surface area contributed by atoms with E-state index in [1.54, 1.807) is 0 Å². The standard InChI is InChI=1S/C22H23IN2/c1-14-6-8-21(11-15(14)2)25-17(4)12-19(18(25)5)13-24-20-7-9-22(23)16(3)10-20/h6-13H,1-5H3. The smallest absolute Gasteiger partial charge is 0.0633 e. The summed E-state index contributed by atoms with van der Waals surface area (Å²) in [6.07, 6.45) is 1.97. The second kappa shape index (κ2) is 7.16. The number of hydrogen-bond acceptors (Lipinski definition) is 1. The molecule has 0 N–H and O–H groups in total. The van der Waals surface area contributed by atoms with Gasteiger partial charge in [-0.2, -0.15) is 0 Å². The topological polar surface area (TPSA) is 17.3 Å². The number of aliphatic imine (C=N–C) groups is 1. The van der Waals surface area contributed by atoms with Crippen molar-refractivity contribution in [2.24, 2.45) is 4.99 Å². The molecule has 3 aromatic rings. The van der Waals surface area contributed by atoms with E-state index in [4.69, 9.17) is 0 Å². The van der Waals surface area contributed by atoms with Gasteiger partial charge in [0.25, 0.3) is 0 Å². The molecule has 0 fully saturated rings. The molecule has 0 saturated heterocycles. The summed E-state index contributed by atoms with van der Waals surface area (Å²) in [5.41, 5.74) is 9.70. The second-order valence-electron chi connectivity index (χ2n) is 6.62. The van der Waals surface area contributed by atoms with Crippen LogP contribution in [0.2, 0.25) is 0 Å². The molecule has 0 atom stereocenters. The summed E-state index contributed by atoms with van der Waals surface area (Å²) in [6, 6.07) is 15.1. The van der Waals surface area contributed by atoms with E-state index < -0.39 is 0 Å². The van der Waals surface area contributed by atoms with Gasteiger partial charge in [0, 0.05) is 32.4 Å². The molecule has 0 saturated carbocycles. The normalized spacial score (nSPS) is 11.4. The number of aryl methyl sites for hydroxylation is 4. The average molecular weight is 442 g/mol. The Hall–Kier alpha value is -1.88. The molecule has 0 amide bonds. The Bertz CT molecular complexity index is 964. The summed E-state index contributed by atoms with van der Waals surface area (Å²) in [6.45, 7) is 10.7. The van der Waals surface area contributed by atoms with Crippen LogP contribution in [-0.2, 0) is 0 Å². The van der Waals surface area contributed by atoms with Crippen LogP contribution < -0.4 is 0 Å². The molecule has 0 aliphatic carbocycles. The lowest BCUT2D eigenvalue weighted by Gasteiger charge is -2.11. The van der Waals surface area contributed by atoms with Crippen LogP contribution in [0.3, 0.4) is 0 Å². The van der Waals surface area contributed by atoms with Crippen molar-refractivity contribution >= 4 is 34.5 Å². The highest BCUT2D eigenvalue weighted by atomic mass is 127. The van der Waals surface area contributed by atoms with Crippen LogP contribution in [0.15, 0.2) is 47.5 Å². The summed E-state index contributed by atoms with van der Waals surface area (Å²) in [5, 5.41) is 0. The van der Waals surface area contributed by atoms with E-state index in [1.165, 1.54) is 37.3 Å². The van der Waals surface area contributed by atoms with Gasteiger partial charge in [-0.3, -0.25) is 4.99 Å². The van der Waals surface area contributed by atoms with Gasteiger partial charge in [-0.25, -0.2) is 0 Å². The van der Waals surface area contributed by atoms with E-state index >= 15 is 0 Å². The Balaban J connectivity index is 1.97. The molecular formula is C22H23IN2. The van der Waals surface area contributed by atoms with Crippen molar-refractivity contribution in [2.45, 2.75) is 34.6 Å². The van der Waals surface area contributed by atoms with E-state index in [1.807, 2.05) is 6.21 Å². The minimum absolute atomic E-state index is 0.994. The van der Waals surface area contributed by atoms with Gasteiger partial charge in [-0.15, -0.1) is 0 Å². The van der Waals surface area contributed by atoms with Gasteiger partial charge in [0.1, 0.15) is 0 Å².